The van der Waals surface area contributed by atoms with Gasteiger partial charge in [0.05, 0.1) is 10.5 Å². The summed E-state index contributed by atoms with van der Waals surface area (Å²) in [6, 6.07) is 16.2. The lowest BCUT2D eigenvalue weighted by atomic mass is 10.2. The number of thiazole rings is 1. The normalized spacial score (nSPS) is 12.3. The van der Waals surface area contributed by atoms with E-state index >= 15 is 0 Å². The Morgan fingerprint density at radius 3 is 2.54 bits per heavy atom. The van der Waals surface area contributed by atoms with E-state index in [4.69, 9.17) is 14.3 Å². The maximum Gasteiger partial charge on any atom is 0.308 e. The molecular weight excluding hydrogens is 492 g/mol. The van der Waals surface area contributed by atoms with Crippen LogP contribution in [-0.4, -0.2) is 29.0 Å². The van der Waals surface area contributed by atoms with Gasteiger partial charge in [0.2, 0.25) is 15.0 Å². The predicted molar refractivity (Wildman–Crippen MR) is 128 cm³/mol. The van der Waals surface area contributed by atoms with Crippen LogP contribution in [-0.2, 0) is 14.8 Å². The number of sulfonamides is 1. The van der Waals surface area contributed by atoms with E-state index in [2.05, 4.69) is 10.1 Å². The highest BCUT2D eigenvalue weighted by atomic mass is 32.2. The molecule has 0 spiro atoms. The zero-order chi connectivity index (χ0) is 24.7. The summed E-state index contributed by atoms with van der Waals surface area (Å²) in [6.45, 7) is 1.30. The lowest BCUT2D eigenvalue weighted by Crippen LogP contribution is -2.23. The topological polar surface area (TPSA) is 147 Å². The number of para-hydroxylation sites is 1. The predicted octanol–water partition coefficient (Wildman–Crippen LogP) is 2.20. The Balaban J connectivity index is 1.47. The van der Waals surface area contributed by atoms with E-state index in [1.54, 1.807) is 54.6 Å². The third kappa shape index (κ3) is 4.49. The molecule has 0 radical (unpaired) electrons. The van der Waals surface area contributed by atoms with Crippen molar-refractivity contribution in [3.63, 3.8) is 0 Å². The summed E-state index contributed by atoms with van der Waals surface area (Å²) in [6.07, 6.45) is 1.58. The maximum absolute atomic E-state index is 12.9. The van der Waals surface area contributed by atoms with Crippen LogP contribution in [0.25, 0.3) is 33.7 Å². The minimum absolute atomic E-state index is 0.000122. The average molecular weight is 509 g/mol. The fourth-order valence-electron chi connectivity index (χ4n) is 3.37. The molecule has 0 unspecified atom stereocenters. The first kappa shape index (κ1) is 22.7. The van der Waals surface area contributed by atoms with Crippen molar-refractivity contribution in [2.24, 2.45) is 5.14 Å². The molecule has 0 bridgehead atoms. The van der Waals surface area contributed by atoms with E-state index < -0.39 is 16.0 Å². The van der Waals surface area contributed by atoms with Gasteiger partial charge in [-0.3, -0.25) is 9.59 Å². The monoisotopic (exact) mass is 508 g/mol. The summed E-state index contributed by atoms with van der Waals surface area (Å²) in [7, 11) is -3.78. The van der Waals surface area contributed by atoms with Gasteiger partial charge in [0, 0.05) is 18.6 Å². The Bertz CT molecular complexity index is 1800. The Morgan fingerprint density at radius 1 is 1.11 bits per heavy atom. The number of aromatic nitrogens is 3. The van der Waals surface area contributed by atoms with E-state index in [9.17, 15) is 18.0 Å². The highest BCUT2D eigenvalue weighted by Gasteiger charge is 2.16. The van der Waals surface area contributed by atoms with Crippen LogP contribution in [0.2, 0.25) is 0 Å². The van der Waals surface area contributed by atoms with Gasteiger partial charge in [-0.2, -0.15) is 9.50 Å². The molecule has 12 heteroatoms. The summed E-state index contributed by atoms with van der Waals surface area (Å²) < 4.78 is 35.4. The van der Waals surface area contributed by atoms with E-state index in [0.29, 0.717) is 37.9 Å². The number of esters is 1. The first-order valence-corrected chi connectivity index (χ1v) is 12.5. The van der Waals surface area contributed by atoms with Crippen LogP contribution in [0.5, 0.6) is 5.75 Å². The number of hydrogen-bond donors (Lipinski definition) is 1. The number of carbonyl (C=O) groups is 1. The molecule has 2 N–H and O–H groups in total. The van der Waals surface area contributed by atoms with Crippen molar-refractivity contribution in [2.45, 2.75) is 11.8 Å². The van der Waals surface area contributed by atoms with E-state index in [-0.39, 0.29) is 16.3 Å². The molecule has 0 aliphatic carbocycles. The van der Waals surface area contributed by atoms with Crippen molar-refractivity contribution in [1.82, 2.24) is 14.6 Å². The number of rotatable bonds is 5. The van der Waals surface area contributed by atoms with Crippen LogP contribution in [0.3, 0.4) is 0 Å². The molecule has 35 heavy (non-hydrogen) atoms. The number of hydrogen-bond acceptors (Lipinski definition) is 9. The van der Waals surface area contributed by atoms with Crippen LogP contribution < -0.4 is 20.0 Å². The Morgan fingerprint density at radius 2 is 1.86 bits per heavy atom. The molecule has 0 saturated carbocycles. The smallest absolute Gasteiger partial charge is 0.308 e. The second-order valence-electron chi connectivity index (χ2n) is 7.41. The number of carbonyl (C=O) groups excluding carboxylic acids is 1. The minimum atomic E-state index is -3.78. The van der Waals surface area contributed by atoms with Crippen molar-refractivity contribution < 1.29 is 22.4 Å². The summed E-state index contributed by atoms with van der Waals surface area (Å²) in [5, 5.41) is 9.42. The van der Waals surface area contributed by atoms with Crippen LogP contribution in [0, 0.1) is 0 Å². The number of ether oxygens (including phenoxy) is 1. The fourth-order valence-corrected chi connectivity index (χ4v) is 4.77. The van der Waals surface area contributed by atoms with Gasteiger partial charge in [-0.15, -0.1) is 5.10 Å². The molecule has 0 fully saturated rings. The molecule has 5 rings (SSSR count). The molecule has 5 aromatic rings. The SMILES string of the molecule is CC(=O)Oc1ccccc1-c1nc2sc(=Cc3ccc(-c4ccc(S(N)(=O)=O)cc4)o3)c(=O)n2n1. The van der Waals surface area contributed by atoms with Gasteiger partial charge >= 0.3 is 5.97 Å². The molecule has 3 heterocycles. The van der Waals surface area contributed by atoms with Gasteiger partial charge < -0.3 is 9.15 Å². The molecule has 10 nitrogen and oxygen atoms in total. The highest BCUT2D eigenvalue weighted by Crippen LogP contribution is 2.28. The van der Waals surface area contributed by atoms with Crippen LogP contribution in [0.4, 0.5) is 0 Å². The molecule has 0 aliphatic rings. The molecule has 0 atom stereocenters. The first-order valence-electron chi connectivity index (χ1n) is 10.1. The lowest BCUT2D eigenvalue weighted by molar-refractivity contribution is -0.131. The second kappa shape index (κ2) is 8.58. The largest absolute Gasteiger partial charge is 0.457 e. The fraction of sp³-hybridized carbons (Fsp3) is 0.0435. The quantitative estimate of drug-likeness (QED) is 0.281. The number of nitrogens with zero attached hydrogens (tertiary/aromatic N) is 3. The second-order valence-corrected chi connectivity index (χ2v) is 9.98. The highest BCUT2D eigenvalue weighted by molar-refractivity contribution is 7.89. The number of primary sulfonamides is 1. The summed E-state index contributed by atoms with van der Waals surface area (Å²) in [4.78, 5) is 29.1. The van der Waals surface area contributed by atoms with Crippen molar-refractivity contribution in [3.8, 4) is 28.5 Å². The molecule has 3 aromatic heterocycles. The van der Waals surface area contributed by atoms with Crippen molar-refractivity contribution in [3.05, 3.63) is 81.3 Å². The number of nitrogens with two attached hydrogens (primary N) is 1. The van der Waals surface area contributed by atoms with Gasteiger partial charge in [0.25, 0.3) is 5.56 Å². The van der Waals surface area contributed by atoms with E-state index in [0.717, 1.165) is 11.3 Å². The third-order valence-electron chi connectivity index (χ3n) is 4.93. The van der Waals surface area contributed by atoms with E-state index in [1.807, 2.05) is 0 Å². The number of benzene rings is 2. The minimum Gasteiger partial charge on any atom is -0.457 e. The summed E-state index contributed by atoms with van der Waals surface area (Å²) >= 11 is 1.14. The molecule has 0 saturated heterocycles. The van der Waals surface area contributed by atoms with Crippen molar-refractivity contribution >= 4 is 38.4 Å². The van der Waals surface area contributed by atoms with Crippen LogP contribution in [0.1, 0.15) is 12.7 Å². The lowest BCUT2D eigenvalue weighted by Gasteiger charge is -2.04. The zero-order valence-corrected chi connectivity index (χ0v) is 19.7. The zero-order valence-electron chi connectivity index (χ0n) is 18.0. The maximum atomic E-state index is 12.9. The molecule has 0 aliphatic heterocycles. The third-order valence-corrected chi connectivity index (χ3v) is 6.82. The Kier molecular flexibility index (Phi) is 5.55. The van der Waals surface area contributed by atoms with Gasteiger partial charge in [-0.25, -0.2) is 13.6 Å². The first-order chi connectivity index (χ1) is 16.7. The van der Waals surface area contributed by atoms with Gasteiger partial charge in [-0.05, 0) is 48.5 Å². The average Bonchev–Trinajstić information content (AvgIpc) is 3.51. The van der Waals surface area contributed by atoms with Crippen LogP contribution in [0.15, 0.2) is 74.8 Å². The van der Waals surface area contributed by atoms with Crippen LogP contribution >= 0.6 is 11.3 Å². The van der Waals surface area contributed by atoms with Gasteiger partial charge in [0.15, 0.2) is 5.82 Å². The summed E-state index contributed by atoms with van der Waals surface area (Å²) in [5.74, 6) is 1.02. The molecule has 176 valence electrons. The van der Waals surface area contributed by atoms with Gasteiger partial charge in [0.1, 0.15) is 21.8 Å². The summed E-state index contributed by atoms with van der Waals surface area (Å²) in [5.41, 5.74) is 0.773. The molecule has 2 aromatic carbocycles. The standard InChI is InChI=1S/C23H16N4O6S2/c1-13(28)32-19-5-3-2-4-17(19)21-25-23-27(26-21)22(29)20(34-23)12-15-8-11-18(33-15)14-6-9-16(10-7-14)35(24,30)31/h2-12H,1H3,(H2,24,30,31). The van der Waals surface area contributed by atoms with Gasteiger partial charge in [-0.1, -0.05) is 23.5 Å². The number of fused-ring (bicyclic) bond motifs is 1. The van der Waals surface area contributed by atoms with Crippen molar-refractivity contribution in [2.75, 3.05) is 0 Å². The molecular formula is C23H16N4O6S2. The number of furan rings is 1. The molecule has 0 amide bonds. The van der Waals surface area contributed by atoms with Crippen molar-refractivity contribution in [1.29, 1.82) is 0 Å². The Labute approximate surface area is 202 Å². The Hall–Kier alpha value is -4.13. The van der Waals surface area contributed by atoms with E-state index in [1.165, 1.54) is 23.6 Å².